The summed E-state index contributed by atoms with van der Waals surface area (Å²) in [5.41, 5.74) is 5.00. The molecule has 0 atom stereocenters. The van der Waals surface area contributed by atoms with Gasteiger partial charge in [-0.05, 0) is 37.1 Å². The van der Waals surface area contributed by atoms with Gasteiger partial charge in [0.15, 0.2) is 0 Å². The Labute approximate surface area is 159 Å². The van der Waals surface area contributed by atoms with Crippen LogP contribution in [0.15, 0.2) is 41.5 Å². The summed E-state index contributed by atoms with van der Waals surface area (Å²) >= 11 is 12.1. The molecule has 1 aliphatic heterocycles. The normalized spacial score (nSPS) is 15.9. The molecule has 25 heavy (non-hydrogen) atoms. The van der Waals surface area contributed by atoms with Crippen molar-refractivity contribution in [2.24, 2.45) is 5.10 Å². The van der Waals surface area contributed by atoms with Crippen molar-refractivity contribution in [2.45, 2.75) is 20.4 Å². The number of hydrogen-bond donors (Lipinski definition) is 0. The van der Waals surface area contributed by atoms with Crippen molar-refractivity contribution in [2.75, 3.05) is 26.2 Å². The van der Waals surface area contributed by atoms with Gasteiger partial charge in [-0.25, -0.2) is 0 Å². The van der Waals surface area contributed by atoms with E-state index in [1.54, 1.807) is 6.07 Å². The molecule has 0 aliphatic carbocycles. The van der Waals surface area contributed by atoms with E-state index in [0.717, 1.165) is 38.3 Å². The van der Waals surface area contributed by atoms with Gasteiger partial charge in [-0.3, -0.25) is 9.91 Å². The fraction of sp³-hybridized carbons (Fsp3) is 0.350. The molecule has 0 N–H and O–H groups in total. The molecule has 2 aromatic carbocycles. The monoisotopic (exact) mass is 375 g/mol. The summed E-state index contributed by atoms with van der Waals surface area (Å²) < 4.78 is 0. The summed E-state index contributed by atoms with van der Waals surface area (Å²) in [5, 5.41) is 7.94. The zero-order valence-electron chi connectivity index (χ0n) is 14.7. The average Bonchev–Trinajstić information content (AvgIpc) is 2.58. The second-order valence-electron chi connectivity index (χ2n) is 6.57. The van der Waals surface area contributed by atoms with Crippen LogP contribution in [-0.4, -0.2) is 42.3 Å². The van der Waals surface area contributed by atoms with Crippen molar-refractivity contribution >= 4 is 29.4 Å². The van der Waals surface area contributed by atoms with Gasteiger partial charge in [0.1, 0.15) is 0 Å². The van der Waals surface area contributed by atoms with E-state index in [4.69, 9.17) is 23.2 Å². The molecule has 132 valence electrons. The van der Waals surface area contributed by atoms with Crippen LogP contribution in [0.3, 0.4) is 0 Å². The van der Waals surface area contributed by atoms with Gasteiger partial charge in [-0.1, -0.05) is 53.0 Å². The number of halogens is 2. The Hall–Kier alpha value is -1.55. The molecule has 0 unspecified atom stereocenters. The van der Waals surface area contributed by atoms with E-state index in [9.17, 15) is 0 Å². The summed E-state index contributed by atoms with van der Waals surface area (Å²) in [5.74, 6) is 0. The highest BCUT2D eigenvalue weighted by Gasteiger charge is 2.16. The van der Waals surface area contributed by atoms with Gasteiger partial charge in [0.2, 0.25) is 0 Å². The maximum Gasteiger partial charge on any atom is 0.0557 e. The Balaban J connectivity index is 1.54. The maximum absolute atomic E-state index is 6.18. The topological polar surface area (TPSA) is 18.8 Å². The smallest absolute Gasteiger partial charge is 0.0557 e. The van der Waals surface area contributed by atoms with Gasteiger partial charge in [0, 0.05) is 43.3 Å². The van der Waals surface area contributed by atoms with Gasteiger partial charge < -0.3 is 0 Å². The van der Waals surface area contributed by atoms with E-state index in [2.05, 4.69) is 47.1 Å². The van der Waals surface area contributed by atoms with Gasteiger partial charge in [0.05, 0.1) is 11.2 Å². The molecule has 1 fully saturated rings. The van der Waals surface area contributed by atoms with Crippen LogP contribution in [-0.2, 0) is 6.54 Å². The molecule has 0 radical (unpaired) electrons. The molecule has 1 saturated heterocycles. The van der Waals surface area contributed by atoms with E-state index in [1.807, 2.05) is 18.3 Å². The van der Waals surface area contributed by atoms with E-state index >= 15 is 0 Å². The minimum Gasteiger partial charge on any atom is -0.295 e. The minimum absolute atomic E-state index is 0.629. The van der Waals surface area contributed by atoms with Crippen molar-refractivity contribution in [3.8, 4) is 0 Å². The highest BCUT2D eigenvalue weighted by molar-refractivity contribution is 6.36. The molecular weight excluding hydrogens is 353 g/mol. The highest BCUT2D eigenvalue weighted by Crippen LogP contribution is 2.20. The number of hydrogen-bond acceptors (Lipinski definition) is 3. The summed E-state index contributed by atoms with van der Waals surface area (Å²) in [6, 6.07) is 12.2. The molecule has 0 aromatic heterocycles. The first-order valence-electron chi connectivity index (χ1n) is 8.54. The lowest BCUT2D eigenvalue weighted by molar-refractivity contribution is 0.131. The first-order chi connectivity index (χ1) is 12.0. The van der Waals surface area contributed by atoms with Crippen molar-refractivity contribution in [3.05, 3.63) is 68.7 Å². The molecule has 2 aromatic rings. The number of hydrazone groups is 1. The lowest BCUT2D eigenvalue weighted by atomic mass is 10.1. The number of nitrogens with zero attached hydrogens (tertiary/aromatic N) is 3. The highest BCUT2D eigenvalue weighted by atomic mass is 35.5. The fourth-order valence-corrected chi connectivity index (χ4v) is 3.48. The van der Waals surface area contributed by atoms with Crippen LogP contribution in [0.1, 0.15) is 22.3 Å². The molecule has 0 spiro atoms. The lowest BCUT2D eigenvalue weighted by Gasteiger charge is -2.33. The molecule has 3 nitrogen and oxygen atoms in total. The minimum atomic E-state index is 0.629. The van der Waals surface area contributed by atoms with E-state index in [1.165, 1.54) is 16.7 Å². The standard InChI is InChI=1S/C20H23Cl2N3/c1-15-3-4-18(16(2)11-15)14-24-7-9-25(10-8-24)23-13-17-5-6-19(21)12-20(17)22/h3-6,11-13H,7-10,14H2,1-2H3/b23-13-. The van der Waals surface area contributed by atoms with E-state index < -0.39 is 0 Å². The van der Waals surface area contributed by atoms with Gasteiger partial charge in [-0.2, -0.15) is 5.10 Å². The predicted molar refractivity (Wildman–Crippen MR) is 107 cm³/mol. The summed E-state index contributed by atoms with van der Waals surface area (Å²) in [6.07, 6.45) is 1.82. The third-order valence-electron chi connectivity index (χ3n) is 4.56. The van der Waals surface area contributed by atoms with Crippen LogP contribution in [0.2, 0.25) is 10.0 Å². The molecule has 5 heteroatoms. The van der Waals surface area contributed by atoms with Crippen molar-refractivity contribution in [1.82, 2.24) is 9.91 Å². The fourth-order valence-electron chi connectivity index (χ4n) is 3.03. The molecule has 0 bridgehead atoms. The average molecular weight is 376 g/mol. The summed E-state index contributed by atoms with van der Waals surface area (Å²) in [4.78, 5) is 2.49. The van der Waals surface area contributed by atoms with E-state index in [0.29, 0.717) is 10.0 Å². The van der Waals surface area contributed by atoms with Gasteiger partial charge in [-0.15, -0.1) is 0 Å². The van der Waals surface area contributed by atoms with Crippen molar-refractivity contribution < 1.29 is 0 Å². The molecular formula is C20H23Cl2N3. The zero-order chi connectivity index (χ0) is 17.8. The zero-order valence-corrected chi connectivity index (χ0v) is 16.2. The van der Waals surface area contributed by atoms with Gasteiger partial charge >= 0.3 is 0 Å². The van der Waals surface area contributed by atoms with Crippen LogP contribution in [0.5, 0.6) is 0 Å². The van der Waals surface area contributed by atoms with Crippen LogP contribution in [0.4, 0.5) is 0 Å². The van der Waals surface area contributed by atoms with Crippen molar-refractivity contribution in [3.63, 3.8) is 0 Å². The number of aryl methyl sites for hydroxylation is 2. The number of piperazine rings is 1. The molecule has 1 heterocycles. The Bertz CT molecular complexity index is 766. The quantitative estimate of drug-likeness (QED) is 0.717. The Morgan fingerprint density at radius 2 is 1.76 bits per heavy atom. The first kappa shape index (κ1) is 18.2. The van der Waals surface area contributed by atoms with Crippen LogP contribution < -0.4 is 0 Å². The lowest BCUT2D eigenvalue weighted by Crippen LogP contribution is -2.43. The Kier molecular flexibility index (Phi) is 6.00. The summed E-state index contributed by atoms with van der Waals surface area (Å²) in [6.45, 7) is 9.21. The summed E-state index contributed by atoms with van der Waals surface area (Å²) in [7, 11) is 0. The van der Waals surface area contributed by atoms with E-state index in [-0.39, 0.29) is 0 Å². The van der Waals surface area contributed by atoms with Crippen LogP contribution >= 0.6 is 23.2 Å². The number of benzene rings is 2. The van der Waals surface area contributed by atoms with Crippen LogP contribution in [0, 0.1) is 13.8 Å². The Morgan fingerprint density at radius 3 is 2.44 bits per heavy atom. The molecule has 3 rings (SSSR count). The SMILES string of the molecule is Cc1ccc(CN2CCN(/N=C\c3ccc(Cl)cc3Cl)CC2)c(C)c1. The van der Waals surface area contributed by atoms with Crippen LogP contribution in [0.25, 0.3) is 0 Å². The second-order valence-corrected chi connectivity index (χ2v) is 7.41. The molecule has 0 amide bonds. The van der Waals surface area contributed by atoms with Gasteiger partial charge in [0.25, 0.3) is 0 Å². The largest absolute Gasteiger partial charge is 0.295 e. The predicted octanol–water partition coefficient (Wildman–Crippen LogP) is 4.76. The maximum atomic E-state index is 6.18. The molecule has 1 aliphatic rings. The third-order valence-corrected chi connectivity index (χ3v) is 5.13. The second kappa shape index (κ2) is 8.22. The number of rotatable bonds is 4. The van der Waals surface area contributed by atoms with Crippen molar-refractivity contribution in [1.29, 1.82) is 0 Å². The third kappa shape index (κ3) is 4.97. The first-order valence-corrected chi connectivity index (χ1v) is 9.29. The Morgan fingerprint density at radius 1 is 1.00 bits per heavy atom. The molecule has 0 saturated carbocycles.